The molecular weight excluding hydrogens is 254 g/mol. The normalized spacial score (nSPS) is 11.4. The Labute approximate surface area is 117 Å². The van der Waals surface area contributed by atoms with Crippen LogP contribution in [0.25, 0.3) is 0 Å². The van der Waals surface area contributed by atoms with Crippen LogP contribution < -0.4 is 4.74 Å². The van der Waals surface area contributed by atoms with E-state index in [0.29, 0.717) is 18.1 Å². The minimum absolute atomic E-state index is 0.230. The summed E-state index contributed by atoms with van der Waals surface area (Å²) in [6.07, 6.45) is 0. The third-order valence-electron chi connectivity index (χ3n) is 3.01. The Morgan fingerprint density at radius 2 is 1.85 bits per heavy atom. The van der Waals surface area contributed by atoms with Gasteiger partial charge < -0.3 is 15.1 Å². The van der Waals surface area contributed by atoms with E-state index in [0.717, 1.165) is 16.7 Å². The Bertz CT molecular complexity index is 618. The molecule has 2 rings (SSSR count). The van der Waals surface area contributed by atoms with Gasteiger partial charge in [-0.3, -0.25) is 0 Å². The molecule has 0 aliphatic heterocycles. The molecule has 0 aliphatic rings. The quantitative estimate of drug-likeness (QED) is 0.508. The van der Waals surface area contributed by atoms with Crippen LogP contribution in [-0.4, -0.2) is 16.0 Å². The molecule has 20 heavy (non-hydrogen) atoms. The maximum absolute atomic E-state index is 9.24. The predicted molar refractivity (Wildman–Crippen MR) is 77.6 cm³/mol. The number of aromatic hydroxyl groups is 1. The van der Waals surface area contributed by atoms with Gasteiger partial charge in [0.25, 0.3) is 0 Å². The van der Waals surface area contributed by atoms with Gasteiger partial charge in [-0.2, -0.15) is 0 Å². The average molecular weight is 271 g/mol. The number of benzene rings is 2. The monoisotopic (exact) mass is 271 g/mol. The van der Waals surface area contributed by atoms with E-state index in [2.05, 4.69) is 5.16 Å². The second-order valence-electron chi connectivity index (χ2n) is 4.64. The SMILES string of the molecule is C/C(=N/O)c1ccc(C)cc1OCc1ccc(O)cc1. The maximum Gasteiger partial charge on any atom is 0.129 e. The van der Waals surface area contributed by atoms with Gasteiger partial charge in [0.15, 0.2) is 0 Å². The van der Waals surface area contributed by atoms with Crippen molar-refractivity contribution in [1.29, 1.82) is 0 Å². The molecule has 2 N–H and O–H groups in total. The number of hydrogen-bond acceptors (Lipinski definition) is 4. The average Bonchev–Trinajstić information content (AvgIpc) is 2.46. The number of hydrogen-bond donors (Lipinski definition) is 2. The van der Waals surface area contributed by atoms with Gasteiger partial charge in [-0.25, -0.2) is 0 Å². The van der Waals surface area contributed by atoms with E-state index in [1.807, 2.05) is 25.1 Å². The van der Waals surface area contributed by atoms with Crippen LogP contribution in [0.5, 0.6) is 11.5 Å². The van der Waals surface area contributed by atoms with Crippen molar-refractivity contribution in [2.75, 3.05) is 0 Å². The zero-order valence-corrected chi connectivity index (χ0v) is 11.5. The first-order valence-corrected chi connectivity index (χ1v) is 6.30. The van der Waals surface area contributed by atoms with Crippen molar-refractivity contribution in [2.24, 2.45) is 5.16 Å². The molecule has 4 heteroatoms. The molecule has 0 fully saturated rings. The lowest BCUT2D eigenvalue weighted by molar-refractivity contribution is 0.303. The molecular formula is C16H17NO3. The molecule has 104 valence electrons. The maximum atomic E-state index is 9.24. The highest BCUT2D eigenvalue weighted by Gasteiger charge is 2.08. The van der Waals surface area contributed by atoms with E-state index in [-0.39, 0.29) is 5.75 Å². The Hall–Kier alpha value is -2.49. The van der Waals surface area contributed by atoms with Crippen LogP contribution in [0.4, 0.5) is 0 Å². The van der Waals surface area contributed by atoms with Crippen molar-refractivity contribution in [2.45, 2.75) is 20.5 Å². The second-order valence-corrected chi connectivity index (χ2v) is 4.64. The summed E-state index contributed by atoms with van der Waals surface area (Å²) < 4.78 is 5.79. The molecule has 4 nitrogen and oxygen atoms in total. The van der Waals surface area contributed by atoms with Gasteiger partial charge in [0.05, 0.1) is 5.71 Å². The van der Waals surface area contributed by atoms with E-state index in [1.54, 1.807) is 31.2 Å². The van der Waals surface area contributed by atoms with Crippen molar-refractivity contribution in [3.05, 3.63) is 59.2 Å². The van der Waals surface area contributed by atoms with Crippen molar-refractivity contribution >= 4 is 5.71 Å². The predicted octanol–water partition coefficient (Wildman–Crippen LogP) is 3.48. The molecule has 2 aromatic rings. The second kappa shape index (κ2) is 6.10. The Balaban J connectivity index is 2.20. The molecule has 0 heterocycles. The Morgan fingerprint density at radius 1 is 1.15 bits per heavy atom. The largest absolute Gasteiger partial charge is 0.508 e. The lowest BCUT2D eigenvalue weighted by Gasteiger charge is -2.12. The summed E-state index contributed by atoms with van der Waals surface area (Å²) in [4.78, 5) is 0. The number of phenolic OH excluding ortho intramolecular Hbond substituents is 1. The van der Waals surface area contributed by atoms with Crippen molar-refractivity contribution in [3.8, 4) is 11.5 Å². The van der Waals surface area contributed by atoms with Gasteiger partial charge in [0.2, 0.25) is 0 Å². The molecule has 2 aromatic carbocycles. The van der Waals surface area contributed by atoms with Crippen LogP contribution in [-0.2, 0) is 6.61 Å². The number of phenols is 1. The van der Waals surface area contributed by atoms with Crippen LogP contribution >= 0.6 is 0 Å². The van der Waals surface area contributed by atoms with Crippen molar-refractivity contribution < 1.29 is 15.1 Å². The summed E-state index contributed by atoms with van der Waals surface area (Å²) in [5.74, 6) is 0.904. The summed E-state index contributed by atoms with van der Waals surface area (Å²) in [5, 5.41) is 21.4. The fraction of sp³-hybridized carbons (Fsp3) is 0.188. The lowest BCUT2D eigenvalue weighted by atomic mass is 10.1. The zero-order valence-electron chi connectivity index (χ0n) is 11.5. The summed E-state index contributed by atoms with van der Waals surface area (Å²) in [5.41, 5.74) is 3.29. The van der Waals surface area contributed by atoms with E-state index >= 15 is 0 Å². The number of ether oxygens (including phenoxy) is 1. The molecule has 0 aromatic heterocycles. The van der Waals surface area contributed by atoms with Crippen molar-refractivity contribution in [3.63, 3.8) is 0 Å². The molecule has 0 radical (unpaired) electrons. The summed E-state index contributed by atoms with van der Waals surface area (Å²) >= 11 is 0. The van der Waals surface area contributed by atoms with Crippen molar-refractivity contribution in [1.82, 2.24) is 0 Å². The number of oxime groups is 1. The van der Waals surface area contributed by atoms with E-state index in [4.69, 9.17) is 9.94 Å². The highest BCUT2D eigenvalue weighted by Crippen LogP contribution is 2.22. The van der Waals surface area contributed by atoms with Gasteiger partial charge in [0.1, 0.15) is 18.1 Å². The van der Waals surface area contributed by atoms with Crippen LogP contribution in [0.3, 0.4) is 0 Å². The van der Waals surface area contributed by atoms with Crippen LogP contribution in [0, 0.1) is 6.92 Å². The molecule has 0 atom stereocenters. The lowest BCUT2D eigenvalue weighted by Crippen LogP contribution is -2.03. The molecule has 0 saturated carbocycles. The molecule has 0 saturated heterocycles. The molecule has 0 aliphatic carbocycles. The first kappa shape index (κ1) is 13.9. The first-order chi connectivity index (χ1) is 9.60. The Kier molecular flexibility index (Phi) is 4.25. The smallest absolute Gasteiger partial charge is 0.129 e. The van der Waals surface area contributed by atoms with E-state index in [9.17, 15) is 5.11 Å². The summed E-state index contributed by atoms with van der Waals surface area (Å²) in [6, 6.07) is 12.6. The van der Waals surface area contributed by atoms with Gasteiger partial charge in [-0.1, -0.05) is 23.4 Å². The molecule has 0 spiro atoms. The topological polar surface area (TPSA) is 62.1 Å². The minimum atomic E-state index is 0.230. The Morgan fingerprint density at radius 3 is 2.50 bits per heavy atom. The first-order valence-electron chi connectivity index (χ1n) is 6.30. The third-order valence-corrected chi connectivity index (χ3v) is 3.01. The fourth-order valence-electron chi connectivity index (χ4n) is 1.85. The number of aryl methyl sites for hydroxylation is 1. The van der Waals surface area contributed by atoms with Gasteiger partial charge >= 0.3 is 0 Å². The zero-order chi connectivity index (χ0) is 14.5. The van der Waals surface area contributed by atoms with Gasteiger partial charge in [0, 0.05) is 5.56 Å². The highest BCUT2D eigenvalue weighted by atomic mass is 16.5. The summed E-state index contributed by atoms with van der Waals surface area (Å²) in [7, 11) is 0. The van der Waals surface area contributed by atoms with Gasteiger partial charge in [-0.05, 0) is 49.2 Å². The molecule has 0 bridgehead atoms. The van der Waals surface area contributed by atoms with Crippen LogP contribution in [0.15, 0.2) is 47.6 Å². The van der Waals surface area contributed by atoms with Crippen LogP contribution in [0.1, 0.15) is 23.6 Å². The van der Waals surface area contributed by atoms with E-state index in [1.165, 1.54) is 0 Å². The standard InChI is InChI=1S/C16H17NO3/c1-11-3-8-15(12(2)17-19)16(9-11)20-10-13-4-6-14(18)7-5-13/h3-9,18-19H,10H2,1-2H3/b17-12-. The minimum Gasteiger partial charge on any atom is -0.508 e. The number of rotatable bonds is 4. The molecule has 0 unspecified atom stereocenters. The highest BCUT2D eigenvalue weighted by molar-refractivity contribution is 6.00. The third kappa shape index (κ3) is 3.29. The van der Waals surface area contributed by atoms with Crippen LogP contribution in [0.2, 0.25) is 0 Å². The van der Waals surface area contributed by atoms with Gasteiger partial charge in [-0.15, -0.1) is 0 Å². The van der Waals surface area contributed by atoms with E-state index < -0.39 is 0 Å². The fourth-order valence-corrected chi connectivity index (χ4v) is 1.85. The summed E-state index contributed by atoms with van der Waals surface area (Å²) in [6.45, 7) is 4.08. The molecule has 0 amide bonds. The number of nitrogens with zero attached hydrogens (tertiary/aromatic N) is 1.